The molecule has 0 saturated carbocycles. The number of rotatable bonds is 6. The van der Waals surface area contributed by atoms with Gasteiger partial charge < -0.3 is 10.1 Å². The van der Waals surface area contributed by atoms with Crippen LogP contribution in [0.4, 0.5) is 5.69 Å². The minimum absolute atomic E-state index is 0.493. The molecule has 0 aliphatic rings. The summed E-state index contributed by atoms with van der Waals surface area (Å²) in [5.74, 6) is 0.699. The summed E-state index contributed by atoms with van der Waals surface area (Å²) in [5.41, 5.74) is 5.87. The molecule has 1 N–H and O–H groups in total. The Balaban J connectivity index is 1.60. The quantitative estimate of drug-likeness (QED) is 0.458. The van der Waals surface area contributed by atoms with Gasteiger partial charge in [0, 0.05) is 16.7 Å². The van der Waals surface area contributed by atoms with E-state index in [-0.39, 0.29) is 0 Å². The molecule has 0 fully saturated rings. The van der Waals surface area contributed by atoms with Crippen molar-refractivity contribution >= 4 is 33.2 Å². The fourth-order valence-electron chi connectivity index (χ4n) is 2.72. The van der Waals surface area contributed by atoms with E-state index in [1.807, 2.05) is 42.5 Å². The Kier molecular flexibility index (Phi) is 6.23. The van der Waals surface area contributed by atoms with Crippen LogP contribution in [0, 0.1) is 13.8 Å². The van der Waals surface area contributed by atoms with Crippen molar-refractivity contribution < 1.29 is 4.74 Å². The highest BCUT2D eigenvalue weighted by atomic mass is 79.9. The molecular formula is C22H21BrClNO. The maximum atomic E-state index is 6.39. The molecule has 0 aromatic heterocycles. The number of ether oxygens (including phenoxy) is 1. The van der Waals surface area contributed by atoms with Crippen LogP contribution in [0.25, 0.3) is 0 Å². The van der Waals surface area contributed by atoms with Gasteiger partial charge in [0.25, 0.3) is 0 Å². The van der Waals surface area contributed by atoms with E-state index in [1.54, 1.807) is 0 Å². The summed E-state index contributed by atoms with van der Waals surface area (Å²) in [6, 6.07) is 20.4. The summed E-state index contributed by atoms with van der Waals surface area (Å²) >= 11 is 9.83. The molecule has 0 heterocycles. The molecule has 0 atom stereocenters. The summed E-state index contributed by atoms with van der Waals surface area (Å²) < 4.78 is 6.90. The van der Waals surface area contributed by atoms with E-state index in [0.29, 0.717) is 17.4 Å². The Bertz CT molecular complexity index is 893. The third-order valence-electron chi connectivity index (χ3n) is 4.17. The van der Waals surface area contributed by atoms with E-state index in [0.717, 1.165) is 27.8 Å². The Hall–Kier alpha value is -1.97. The molecule has 0 radical (unpaired) electrons. The van der Waals surface area contributed by atoms with E-state index in [4.69, 9.17) is 16.3 Å². The van der Waals surface area contributed by atoms with Crippen LogP contribution in [0.2, 0.25) is 5.02 Å². The molecule has 0 saturated heterocycles. The molecule has 0 bridgehead atoms. The summed E-state index contributed by atoms with van der Waals surface area (Å²) in [6.07, 6.45) is 0. The topological polar surface area (TPSA) is 21.3 Å². The smallest absolute Gasteiger partial charge is 0.138 e. The van der Waals surface area contributed by atoms with Crippen molar-refractivity contribution in [1.29, 1.82) is 0 Å². The molecule has 0 aliphatic carbocycles. The first-order valence-corrected chi connectivity index (χ1v) is 9.65. The van der Waals surface area contributed by atoms with Gasteiger partial charge in [0.2, 0.25) is 0 Å². The number of hydrogen-bond donors (Lipinski definition) is 1. The summed E-state index contributed by atoms with van der Waals surface area (Å²) in [6.45, 7) is 5.43. The molecule has 0 spiro atoms. The van der Waals surface area contributed by atoms with Crippen molar-refractivity contribution in [3.05, 3.63) is 92.4 Å². The number of aryl methyl sites for hydroxylation is 2. The van der Waals surface area contributed by atoms with Crippen molar-refractivity contribution in [2.24, 2.45) is 0 Å². The molecule has 4 heteroatoms. The minimum atomic E-state index is 0.493. The van der Waals surface area contributed by atoms with Gasteiger partial charge in [-0.25, -0.2) is 0 Å². The fraction of sp³-hybridized carbons (Fsp3) is 0.182. The first-order valence-electron chi connectivity index (χ1n) is 8.48. The standard InChI is InChI=1S/C22H21BrClNO/c1-15-3-9-21(16(2)11-15)25-13-18-6-10-22(20(24)12-18)26-14-17-4-7-19(23)8-5-17/h3-12,25H,13-14H2,1-2H3. The number of benzene rings is 3. The third-order valence-corrected chi connectivity index (χ3v) is 4.99. The van der Waals surface area contributed by atoms with Gasteiger partial charge in [-0.3, -0.25) is 0 Å². The molecule has 3 aromatic rings. The average Bonchev–Trinajstić information content (AvgIpc) is 2.61. The van der Waals surface area contributed by atoms with Crippen LogP contribution in [-0.2, 0) is 13.2 Å². The number of halogens is 2. The summed E-state index contributed by atoms with van der Waals surface area (Å²) in [7, 11) is 0. The highest BCUT2D eigenvalue weighted by Gasteiger charge is 2.05. The van der Waals surface area contributed by atoms with Crippen LogP contribution in [0.5, 0.6) is 5.75 Å². The average molecular weight is 431 g/mol. The van der Waals surface area contributed by atoms with Gasteiger partial charge in [-0.1, -0.05) is 63.4 Å². The molecule has 0 amide bonds. The third kappa shape index (κ3) is 5.03. The minimum Gasteiger partial charge on any atom is -0.487 e. The van der Waals surface area contributed by atoms with Crippen LogP contribution in [0.3, 0.4) is 0 Å². The summed E-state index contributed by atoms with van der Waals surface area (Å²) in [5, 5.41) is 4.09. The SMILES string of the molecule is Cc1ccc(NCc2ccc(OCc3ccc(Br)cc3)c(Cl)c2)c(C)c1. The van der Waals surface area contributed by atoms with Gasteiger partial charge in [0.15, 0.2) is 0 Å². The van der Waals surface area contributed by atoms with Crippen molar-refractivity contribution in [3.8, 4) is 5.75 Å². The Labute approximate surface area is 168 Å². The normalized spacial score (nSPS) is 10.6. The van der Waals surface area contributed by atoms with E-state index in [9.17, 15) is 0 Å². The second-order valence-electron chi connectivity index (χ2n) is 6.35. The molecule has 134 valence electrons. The lowest BCUT2D eigenvalue weighted by Crippen LogP contribution is -2.02. The fourth-order valence-corrected chi connectivity index (χ4v) is 3.24. The Morgan fingerprint density at radius 3 is 2.35 bits per heavy atom. The maximum Gasteiger partial charge on any atom is 0.138 e. The monoisotopic (exact) mass is 429 g/mol. The van der Waals surface area contributed by atoms with Crippen molar-refractivity contribution in [3.63, 3.8) is 0 Å². The zero-order valence-electron chi connectivity index (χ0n) is 14.9. The predicted octanol–water partition coefficient (Wildman–Crippen LogP) is 6.91. The van der Waals surface area contributed by atoms with Gasteiger partial charge >= 0.3 is 0 Å². The van der Waals surface area contributed by atoms with E-state index < -0.39 is 0 Å². The van der Waals surface area contributed by atoms with Crippen LogP contribution >= 0.6 is 27.5 Å². The molecule has 3 rings (SSSR count). The van der Waals surface area contributed by atoms with Crippen LogP contribution in [0.1, 0.15) is 22.3 Å². The predicted molar refractivity (Wildman–Crippen MR) is 113 cm³/mol. The van der Waals surface area contributed by atoms with Crippen molar-refractivity contribution in [1.82, 2.24) is 0 Å². The lowest BCUT2D eigenvalue weighted by molar-refractivity contribution is 0.306. The van der Waals surface area contributed by atoms with E-state index in [2.05, 4.69) is 53.3 Å². The van der Waals surface area contributed by atoms with Crippen LogP contribution in [0.15, 0.2) is 65.1 Å². The highest BCUT2D eigenvalue weighted by Crippen LogP contribution is 2.27. The first-order chi connectivity index (χ1) is 12.5. The molecule has 0 aliphatic heterocycles. The Morgan fingerprint density at radius 2 is 1.65 bits per heavy atom. The lowest BCUT2D eigenvalue weighted by Gasteiger charge is -2.12. The second-order valence-corrected chi connectivity index (χ2v) is 7.67. The van der Waals surface area contributed by atoms with Gasteiger partial charge in [-0.05, 0) is 60.9 Å². The first kappa shape index (κ1) is 18.8. The van der Waals surface area contributed by atoms with E-state index >= 15 is 0 Å². The number of hydrogen-bond acceptors (Lipinski definition) is 2. The number of nitrogens with one attached hydrogen (secondary N) is 1. The molecule has 2 nitrogen and oxygen atoms in total. The Morgan fingerprint density at radius 1 is 0.923 bits per heavy atom. The van der Waals surface area contributed by atoms with Gasteiger partial charge in [-0.2, -0.15) is 0 Å². The van der Waals surface area contributed by atoms with Crippen LogP contribution in [-0.4, -0.2) is 0 Å². The lowest BCUT2D eigenvalue weighted by atomic mass is 10.1. The molecule has 0 unspecified atom stereocenters. The van der Waals surface area contributed by atoms with Gasteiger partial charge in [0.1, 0.15) is 12.4 Å². The second kappa shape index (κ2) is 8.61. The van der Waals surface area contributed by atoms with Gasteiger partial charge in [-0.15, -0.1) is 0 Å². The van der Waals surface area contributed by atoms with E-state index in [1.165, 1.54) is 11.1 Å². The molecule has 3 aromatic carbocycles. The zero-order chi connectivity index (χ0) is 18.5. The maximum absolute atomic E-state index is 6.39. The molecule has 26 heavy (non-hydrogen) atoms. The van der Waals surface area contributed by atoms with Crippen molar-refractivity contribution in [2.45, 2.75) is 27.0 Å². The zero-order valence-corrected chi connectivity index (χ0v) is 17.2. The largest absolute Gasteiger partial charge is 0.487 e. The number of anilines is 1. The molecular weight excluding hydrogens is 410 g/mol. The van der Waals surface area contributed by atoms with Crippen LogP contribution < -0.4 is 10.1 Å². The summed E-state index contributed by atoms with van der Waals surface area (Å²) in [4.78, 5) is 0. The highest BCUT2D eigenvalue weighted by molar-refractivity contribution is 9.10. The van der Waals surface area contributed by atoms with Gasteiger partial charge in [0.05, 0.1) is 5.02 Å². The van der Waals surface area contributed by atoms with Crippen molar-refractivity contribution in [2.75, 3.05) is 5.32 Å².